The van der Waals surface area contributed by atoms with Crippen molar-refractivity contribution in [2.24, 2.45) is 7.05 Å². The zero-order chi connectivity index (χ0) is 29.4. The Morgan fingerprint density at radius 3 is 2.43 bits per heavy atom. The molecule has 1 unspecified atom stereocenters. The Morgan fingerprint density at radius 2 is 1.81 bits per heavy atom. The molecule has 1 saturated heterocycles. The molecule has 1 atom stereocenters. The molecule has 10 nitrogen and oxygen atoms in total. The minimum absolute atomic E-state index is 0.0158. The highest BCUT2D eigenvalue weighted by Crippen LogP contribution is 2.45. The second kappa shape index (κ2) is 11.2. The Bertz CT molecular complexity index is 1570. The minimum atomic E-state index is -4.51. The van der Waals surface area contributed by atoms with Gasteiger partial charge < -0.3 is 23.7 Å². The Morgan fingerprint density at radius 1 is 1.02 bits per heavy atom. The number of rotatable bonds is 9. The standard InChI is InChI=1S/C29H30F3N7O3/c1-38-14-22(29(30,31)32)36-26(38)19-6-4-17(5-7-19)13-39(20-10-11-42-15-20)27-21(40-2)12-33-25(37-27)23-24(18-8-9-18)34-16-35-28(23)41-3/h4-7,12,14,16,18,20H,8-11,13,15H2,1-3H3. The van der Waals surface area contributed by atoms with Crippen LogP contribution in [0.15, 0.2) is 43.0 Å². The number of ether oxygens (including phenoxy) is 3. The molecule has 1 aromatic carbocycles. The van der Waals surface area contributed by atoms with Gasteiger partial charge in [0.2, 0.25) is 5.88 Å². The minimum Gasteiger partial charge on any atom is -0.491 e. The van der Waals surface area contributed by atoms with E-state index in [2.05, 4.69) is 24.8 Å². The van der Waals surface area contributed by atoms with Crippen molar-refractivity contribution >= 4 is 5.82 Å². The largest absolute Gasteiger partial charge is 0.491 e. The second-order valence-electron chi connectivity index (χ2n) is 10.4. The Kier molecular flexibility index (Phi) is 7.43. The van der Waals surface area contributed by atoms with Crippen LogP contribution in [0.2, 0.25) is 0 Å². The van der Waals surface area contributed by atoms with E-state index >= 15 is 0 Å². The zero-order valence-electron chi connectivity index (χ0n) is 23.4. The topological polar surface area (TPSA) is 100 Å². The molecule has 13 heteroatoms. The van der Waals surface area contributed by atoms with Crippen LogP contribution in [0, 0.1) is 0 Å². The van der Waals surface area contributed by atoms with Gasteiger partial charge in [0.05, 0.1) is 38.8 Å². The van der Waals surface area contributed by atoms with E-state index in [1.807, 2.05) is 12.1 Å². The van der Waals surface area contributed by atoms with Crippen LogP contribution >= 0.6 is 0 Å². The summed E-state index contributed by atoms with van der Waals surface area (Å²) in [6, 6.07) is 7.33. The summed E-state index contributed by atoms with van der Waals surface area (Å²) in [5.41, 5.74) is 2.13. The number of hydrogen-bond donors (Lipinski definition) is 0. The molecule has 0 N–H and O–H groups in total. The molecule has 3 aromatic heterocycles. The van der Waals surface area contributed by atoms with E-state index in [1.165, 1.54) is 10.9 Å². The van der Waals surface area contributed by atoms with Crippen LogP contribution in [0.5, 0.6) is 11.6 Å². The van der Waals surface area contributed by atoms with Gasteiger partial charge in [0.15, 0.2) is 23.1 Å². The van der Waals surface area contributed by atoms with E-state index in [0.29, 0.717) is 60.1 Å². The van der Waals surface area contributed by atoms with Crippen molar-refractivity contribution in [1.82, 2.24) is 29.5 Å². The van der Waals surface area contributed by atoms with Gasteiger partial charge in [-0.15, -0.1) is 0 Å². The van der Waals surface area contributed by atoms with Crippen LogP contribution in [-0.4, -0.2) is 63.0 Å². The maximum Gasteiger partial charge on any atom is 0.434 e. The fourth-order valence-corrected chi connectivity index (χ4v) is 5.22. The molecule has 0 spiro atoms. The fourth-order valence-electron chi connectivity index (χ4n) is 5.22. The summed E-state index contributed by atoms with van der Waals surface area (Å²) in [5.74, 6) is 2.50. The van der Waals surface area contributed by atoms with Crippen molar-refractivity contribution in [3.8, 4) is 34.4 Å². The second-order valence-corrected chi connectivity index (χ2v) is 10.4. The molecule has 1 saturated carbocycles. The van der Waals surface area contributed by atoms with Crippen LogP contribution in [-0.2, 0) is 24.5 Å². The van der Waals surface area contributed by atoms with E-state index < -0.39 is 11.9 Å². The first-order valence-corrected chi connectivity index (χ1v) is 13.6. The molecule has 4 aromatic rings. The predicted molar refractivity (Wildman–Crippen MR) is 147 cm³/mol. The van der Waals surface area contributed by atoms with Gasteiger partial charge in [0.1, 0.15) is 17.7 Å². The van der Waals surface area contributed by atoms with Crippen molar-refractivity contribution in [3.05, 3.63) is 59.9 Å². The van der Waals surface area contributed by atoms with Crippen molar-refractivity contribution < 1.29 is 27.4 Å². The molecule has 2 aliphatic rings. The number of methoxy groups -OCH3 is 2. The molecular weight excluding hydrogens is 551 g/mol. The Hall–Kier alpha value is -4.26. The van der Waals surface area contributed by atoms with Crippen molar-refractivity contribution in [2.45, 2.75) is 43.9 Å². The van der Waals surface area contributed by atoms with Crippen LogP contribution in [0.4, 0.5) is 19.0 Å². The van der Waals surface area contributed by atoms with Gasteiger partial charge in [-0.25, -0.2) is 24.9 Å². The molecule has 42 heavy (non-hydrogen) atoms. The number of nitrogens with zero attached hydrogens (tertiary/aromatic N) is 7. The third kappa shape index (κ3) is 5.48. The summed E-state index contributed by atoms with van der Waals surface area (Å²) < 4.78 is 58.0. The van der Waals surface area contributed by atoms with E-state index in [0.717, 1.165) is 36.7 Å². The summed E-state index contributed by atoms with van der Waals surface area (Å²) in [7, 11) is 4.69. The summed E-state index contributed by atoms with van der Waals surface area (Å²) >= 11 is 0. The normalized spacial score (nSPS) is 17.0. The van der Waals surface area contributed by atoms with E-state index in [4.69, 9.17) is 19.2 Å². The van der Waals surface area contributed by atoms with Gasteiger partial charge in [-0.3, -0.25) is 0 Å². The highest BCUT2D eigenvalue weighted by atomic mass is 19.4. The highest BCUT2D eigenvalue weighted by Gasteiger charge is 2.35. The van der Waals surface area contributed by atoms with Crippen LogP contribution in [0.25, 0.3) is 22.8 Å². The number of benzene rings is 1. The first kappa shape index (κ1) is 27.9. The van der Waals surface area contributed by atoms with Crippen molar-refractivity contribution in [1.29, 1.82) is 0 Å². The van der Waals surface area contributed by atoms with E-state index in [-0.39, 0.29) is 11.9 Å². The number of aromatic nitrogens is 6. The lowest BCUT2D eigenvalue weighted by Gasteiger charge is -2.30. The molecule has 4 heterocycles. The van der Waals surface area contributed by atoms with Gasteiger partial charge in [-0.1, -0.05) is 24.3 Å². The third-order valence-corrected chi connectivity index (χ3v) is 7.53. The van der Waals surface area contributed by atoms with Crippen LogP contribution < -0.4 is 14.4 Å². The van der Waals surface area contributed by atoms with Gasteiger partial charge in [0.25, 0.3) is 0 Å². The molecular formula is C29H30F3N7O3. The lowest BCUT2D eigenvalue weighted by molar-refractivity contribution is -0.140. The fraction of sp³-hybridized carbons (Fsp3) is 0.414. The maximum atomic E-state index is 13.2. The van der Waals surface area contributed by atoms with Gasteiger partial charge in [-0.05, 0) is 24.8 Å². The number of alkyl halides is 3. The summed E-state index contributed by atoms with van der Waals surface area (Å²) in [4.78, 5) is 24.4. The number of imidazole rings is 1. The maximum absolute atomic E-state index is 13.2. The number of aryl methyl sites for hydroxylation is 1. The zero-order valence-corrected chi connectivity index (χ0v) is 23.4. The molecule has 1 aliphatic carbocycles. The first-order chi connectivity index (χ1) is 20.3. The average molecular weight is 582 g/mol. The molecule has 6 rings (SSSR count). The molecule has 0 amide bonds. The third-order valence-electron chi connectivity index (χ3n) is 7.53. The lowest BCUT2D eigenvalue weighted by Crippen LogP contribution is -2.36. The molecule has 1 aliphatic heterocycles. The average Bonchev–Trinajstić information content (AvgIpc) is 3.54. The van der Waals surface area contributed by atoms with E-state index in [1.54, 1.807) is 39.6 Å². The number of halogens is 3. The lowest BCUT2D eigenvalue weighted by atomic mass is 10.1. The smallest absolute Gasteiger partial charge is 0.434 e. The Labute approximate surface area is 240 Å². The molecule has 2 fully saturated rings. The number of hydrogen-bond acceptors (Lipinski definition) is 9. The van der Waals surface area contributed by atoms with Crippen molar-refractivity contribution in [3.63, 3.8) is 0 Å². The first-order valence-electron chi connectivity index (χ1n) is 13.6. The van der Waals surface area contributed by atoms with E-state index in [9.17, 15) is 13.2 Å². The Balaban J connectivity index is 1.36. The van der Waals surface area contributed by atoms with Crippen LogP contribution in [0.1, 0.15) is 42.1 Å². The van der Waals surface area contributed by atoms with Crippen LogP contribution in [0.3, 0.4) is 0 Å². The molecule has 0 radical (unpaired) electrons. The summed E-state index contributed by atoms with van der Waals surface area (Å²) in [6.07, 6.45) is 2.49. The van der Waals surface area contributed by atoms with Gasteiger partial charge >= 0.3 is 6.18 Å². The molecule has 220 valence electrons. The van der Waals surface area contributed by atoms with Crippen molar-refractivity contribution in [2.75, 3.05) is 32.3 Å². The molecule has 0 bridgehead atoms. The SMILES string of the molecule is COc1cnc(-c2c(OC)ncnc2C2CC2)nc1N(Cc1ccc(-c2nc(C(F)(F)F)cn2C)cc1)C1CCOC1. The van der Waals surface area contributed by atoms with Gasteiger partial charge in [-0.2, -0.15) is 13.2 Å². The highest BCUT2D eigenvalue weighted by molar-refractivity contribution is 5.69. The monoisotopic (exact) mass is 581 g/mol. The predicted octanol–water partition coefficient (Wildman–Crippen LogP) is 5.04. The number of anilines is 1. The summed E-state index contributed by atoms with van der Waals surface area (Å²) in [6.45, 7) is 1.58. The summed E-state index contributed by atoms with van der Waals surface area (Å²) in [5, 5.41) is 0. The van der Waals surface area contributed by atoms with Gasteiger partial charge in [0, 0.05) is 37.9 Å². The quantitative estimate of drug-likeness (QED) is 0.269.